The molecule has 0 saturated heterocycles. The number of nitrogens with zero attached hydrogens (tertiary/aromatic N) is 2. The average molecular weight is 602 g/mol. The molecule has 0 fully saturated rings. The summed E-state index contributed by atoms with van der Waals surface area (Å²) in [5.74, 6) is -3.83. The molecule has 0 atom stereocenters. The number of fused-ring (bicyclic) bond motifs is 1. The lowest BCUT2D eigenvalue weighted by Crippen LogP contribution is -2.40. The zero-order chi connectivity index (χ0) is 31.8. The van der Waals surface area contributed by atoms with E-state index < -0.39 is 42.2 Å². The number of rotatable bonds is 11. The number of amides is 5. The maximum absolute atomic E-state index is 13.3. The number of hydrogen-bond acceptors (Lipinski definition) is 6. The molecule has 5 N–H and O–H groups in total. The summed E-state index contributed by atoms with van der Waals surface area (Å²) in [7, 11) is 0. The fraction of sp³-hybridized carbons (Fsp3) is 0.226. The number of carbonyl (C=O) groups excluding carboxylic acids is 4. The highest BCUT2D eigenvalue weighted by atomic mass is 16.4. The minimum absolute atomic E-state index is 0.0192. The highest BCUT2D eigenvalue weighted by Gasteiger charge is 2.32. The Balaban J connectivity index is 1.43. The van der Waals surface area contributed by atoms with Crippen LogP contribution in [0.2, 0.25) is 0 Å². The maximum Gasteiger partial charge on any atom is 0.323 e. The summed E-state index contributed by atoms with van der Waals surface area (Å²) in [6, 6.07) is 18.0. The molecule has 0 aromatic heterocycles. The van der Waals surface area contributed by atoms with Crippen LogP contribution in [0.4, 0.5) is 27.5 Å². The lowest BCUT2D eigenvalue weighted by molar-refractivity contribution is -0.138. The number of benzene rings is 3. The van der Waals surface area contributed by atoms with Gasteiger partial charge in [0.2, 0.25) is 11.8 Å². The van der Waals surface area contributed by atoms with Crippen LogP contribution >= 0.6 is 0 Å². The zero-order valence-corrected chi connectivity index (χ0v) is 23.8. The number of carbonyl (C=O) groups is 6. The van der Waals surface area contributed by atoms with Gasteiger partial charge in [-0.1, -0.05) is 30.3 Å². The Hall–Kier alpha value is -5.72. The molecular weight excluding hydrogens is 570 g/mol. The molecule has 0 spiro atoms. The number of hydrogen-bond donors (Lipinski definition) is 5. The van der Waals surface area contributed by atoms with E-state index in [1.165, 1.54) is 23.1 Å². The average Bonchev–Trinajstić information content (AvgIpc) is 3.06. The molecule has 228 valence electrons. The van der Waals surface area contributed by atoms with Gasteiger partial charge in [-0.25, -0.2) is 4.79 Å². The van der Waals surface area contributed by atoms with Crippen LogP contribution in [0.15, 0.2) is 66.7 Å². The fourth-order valence-corrected chi connectivity index (χ4v) is 4.60. The van der Waals surface area contributed by atoms with Crippen molar-refractivity contribution in [3.8, 4) is 0 Å². The number of anilines is 4. The number of carboxylic acid groups (broad SMARTS) is 2. The van der Waals surface area contributed by atoms with Crippen LogP contribution in [0.25, 0.3) is 0 Å². The molecule has 1 aliphatic rings. The van der Waals surface area contributed by atoms with Gasteiger partial charge in [0.15, 0.2) is 0 Å². The van der Waals surface area contributed by atoms with Gasteiger partial charge in [0.25, 0.3) is 5.91 Å². The van der Waals surface area contributed by atoms with E-state index in [9.17, 15) is 28.8 Å². The first-order valence-corrected chi connectivity index (χ1v) is 13.7. The molecule has 3 aromatic carbocycles. The molecule has 1 aliphatic heterocycles. The van der Waals surface area contributed by atoms with Crippen LogP contribution in [0, 0.1) is 6.92 Å². The van der Waals surface area contributed by atoms with E-state index in [4.69, 9.17) is 10.2 Å². The predicted octanol–water partition coefficient (Wildman–Crippen LogP) is 3.56. The SMILES string of the molecule is Cc1ccccc1NC(=O)Nc1ccc(CC(=O)Nc2ccc3c(c2)C(=O)N(CCC(=O)O)CC(=O)N3CCC(=O)O)cc1. The predicted molar refractivity (Wildman–Crippen MR) is 162 cm³/mol. The fourth-order valence-electron chi connectivity index (χ4n) is 4.60. The molecule has 1 heterocycles. The first-order chi connectivity index (χ1) is 21.0. The van der Waals surface area contributed by atoms with E-state index in [0.717, 1.165) is 10.5 Å². The third-order valence-corrected chi connectivity index (χ3v) is 6.83. The second kappa shape index (κ2) is 14.0. The van der Waals surface area contributed by atoms with Crippen molar-refractivity contribution >= 4 is 58.4 Å². The van der Waals surface area contributed by atoms with Crippen LogP contribution in [0.3, 0.4) is 0 Å². The van der Waals surface area contributed by atoms with Gasteiger partial charge < -0.3 is 36.0 Å². The van der Waals surface area contributed by atoms with Crippen molar-refractivity contribution in [3.63, 3.8) is 0 Å². The number of carboxylic acids is 2. The molecule has 0 aliphatic carbocycles. The van der Waals surface area contributed by atoms with E-state index in [0.29, 0.717) is 16.9 Å². The Morgan fingerprint density at radius 3 is 2.14 bits per heavy atom. The van der Waals surface area contributed by atoms with Gasteiger partial charge in [-0.15, -0.1) is 0 Å². The maximum atomic E-state index is 13.3. The molecule has 3 aromatic rings. The van der Waals surface area contributed by atoms with Crippen LogP contribution < -0.4 is 20.9 Å². The van der Waals surface area contributed by atoms with E-state index in [2.05, 4.69) is 16.0 Å². The normalized spacial score (nSPS) is 12.7. The zero-order valence-electron chi connectivity index (χ0n) is 23.8. The second-order valence-electron chi connectivity index (χ2n) is 10.1. The molecule has 5 amide bonds. The Labute approximate surface area is 252 Å². The minimum Gasteiger partial charge on any atom is -0.481 e. The molecule has 0 unspecified atom stereocenters. The summed E-state index contributed by atoms with van der Waals surface area (Å²) in [5, 5.41) is 26.4. The highest BCUT2D eigenvalue weighted by Crippen LogP contribution is 2.29. The summed E-state index contributed by atoms with van der Waals surface area (Å²) in [6.45, 7) is 1.06. The topological polar surface area (TPSA) is 185 Å². The number of urea groups is 1. The van der Waals surface area contributed by atoms with Crippen molar-refractivity contribution in [2.75, 3.05) is 40.5 Å². The molecule has 0 radical (unpaired) electrons. The Kier molecular flexibility index (Phi) is 9.91. The van der Waals surface area contributed by atoms with Crippen molar-refractivity contribution in [1.82, 2.24) is 4.90 Å². The first-order valence-electron chi connectivity index (χ1n) is 13.7. The minimum atomic E-state index is -1.15. The first kappa shape index (κ1) is 31.2. The highest BCUT2D eigenvalue weighted by molar-refractivity contribution is 6.11. The lowest BCUT2D eigenvalue weighted by atomic mass is 10.1. The van der Waals surface area contributed by atoms with E-state index in [1.807, 2.05) is 25.1 Å². The smallest absolute Gasteiger partial charge is 0.323 e. The van der Waals surface area contributed by atoms with Crippen molar-refractivity contribution in [3.05, 3.63) is 83.4 Å². The molecule has 4 rings (SSSR count). The van der Waals surface area contributed by atoms with Gasteiger partial charge in [-0.2, -0.15) is 0 Å². The van der Waals surface area contributed by atoms with Crippen LogP contribution in [0.1, 0.15) is 34.3 Å². The Morgan fingerprint density at radius 2 is 1.45 bits per heavy atom. The van der Waals surface area contributed by atoms with Gasteiger partial charge in [0, 0.05) is 30.2 Å². The van der Waals surface area contributed by atoms with Gasteiger partial charge >= 0.3 is 18.0 Å². The number of para-hydroxylation sites is 1. The number of aryl methyl sites for hydroxylation is 1. The summed E-state index contributed by atoms with van der Waals surface area (Å²) >= 11 is 0. The quantitative estimate of drug-likeness (QED) is 0.221. The monoisotopic (exact) mass is 601 g/mol. The molecular formula is C31H31N5O8. The van der Waals surface area contributed by atoms with E-state index >= 15 is 0 Å². The summed E-state index contributed by atoms with van der Waals surface area (Å²) < 4.78 is 0. The van der Waals surface area contributed by atoms with Gasteiger partial charge in [0.05, 0.1) is 30.5 Å². The summed E-state index contributed by atoms with van der Waals surface area (Å²) in [4.78, 5) is 76.0. The van der Waals surface area contributed by atoms with Crippen molar-refractivity contribution in [2.45, 2.75) is 26.2 Å². The van der Waals surface area contributed by atoms with E-state index in [-0.39, 0.29) is 49.3 Å². The van der Waals surface area contributed by atoms with Crippen LogP contribution in [-0.2, 0) is 25.6 Å². The summed E-state index contributed by atoms with van der Waals surface area (Å²) in [6.07, 6.45) is -0.765. The van der Waals surface area contributed by atoms with Crippen molar-refractivity contribution in [2.24, 2.45) is 0 Å². The van der Waals surface area contributed by atoms with Gasteiger partial charge in [-0.05, 0) is 54.4 Å². The molecule has 13 heteroatoms. The molecule has 0 saturated carbocycles. The Bertz CT molecular complexity index is 1600. The second-order valence-corrected chi connectivity index (χ2v) is 10.1. The number of nitrogens with one attached hydrogen (secondary N) is 3. The van der Waals surface area contributed by atoms with Crippen molar-refractivity contribution in [1.29, 1.82) is 0 Å². The number of aliphatic carboxylic acids is 2. The van der Waals surface area contributed by atoms with Gasteiger partial charge in [0.1, 0.15) is 6.54 Å². The molecule has 44 heavy (non-hydrogen) atoms. The third kappa shape index (κ3) is 8.18. The molecule has 13 nitrogen and oxygen atoms in total. The molecule has 0 bridgehead atoms. The third-order valence-electron chi connectivity index (χ3n) is 6.83. The van der Waals surface area contributed by atoms with Crippen LogP contribution in [-0.4, -0.2) is 70.4 Å². The Morgan fingerprint density at radius 1 is 0.795 bits per heavy atom. The lowest BCUT2D eigenvalue weighted by Gasteiger charge is -2.22. The van der Waals surface area contributed by atoms with Crippen molar-refractivity contribution < 1.29 is 39.0 Å². The van der Waals surface area contributed by atoms with Gasteiger partial charge in [-0.3, -0.25) is 24.0 Å². The largest absolute Gasteiger partial charge is 0.481 e. The van der Waals surface area contributed by atoms with Crippen LogP contribution in [0.5, 0.6) is 0 Å². The van der Waals surface area contributed by atoms with E-state index in [1.54, 1.807) is 30.3 Å². The standard InChI is InChI=1S/C31H31N5O8/c1-19-4-2-3-5-24(19)34-31(44)33-21-8-6-20(7-9-21)16-26(37)32-22-10-11-25-23(17-22)30(43)35(14-12-28(39)40)18-27(38)36(25)15-13-29(41)42/h2-11,17H,12-16,18H2,1H3,(H,32,37)(H,39,40)(H,41,42)(H2,33,34,44). The summed E-state index contributed by atoms with van der Waals surface area (Å²) in [5.41, 5.74) is 3.25.